The van der Waals surface area contributed by atoms with E-state index < -0.39 is 0 Å². The minimum absolute atomic E-state index is 0.0957. The number of benzene rings is 1. The number of aryl methyl sites for hydroxylation is 2. The molecule has 9 heteroatoms. The van der Waals surface area contributed by atoms with Crippen molar-refractivity contribution in [2.75, 3.05) is 11.1 Å². The lowest BCUT2D eigenvalue weighted by Crippen LogP contribution is -2.16. The molecule has 0 aliphatic rings. The Bertz CT molecular complexity index is 1150. The molecule has 154 valence electrons. The Kier molecular flexibility index (Phi) is 6.01. The summed E-state index contributed by atoms with van der Waals surface area (Å²) in [6.07, 6.45) is 0.695. The van der Waals surface area contributed by atoms with Gasteiger partial charge in [-0.2, -0.15) is 5.10 Å². The largest absolute Gasteiger partial charge is 0.322 e. The van der Waals surface area contributed by atoms with Crippen LogP contribution >= 0.6 is 23.1 Å². The molecule has 0 unspecified atom stereocenters. The van der Waals surface area contributed by atoms with Gasteiger partial charge in [0.25, 0.3) is 0 Å². The zero-order valence-corrected chi connectivity index (χ0v) is 18.6. The Balaban J connectivity index is 1.53. The summed E-state index contributed by atoms with van der Waals surface area (Å²) in [4.78, 5) is 13.8. The van der Waals surface area contributed by atoms with Crippen LogP contribution in [0, 0.1) is 13.8 Å². The highest BCUT2D eigenvalue weighted by molar-refractivity contribution is 7.99. The molecular formula is C21H22N6OS2. The molecule has 3 aromatic heterocycles. The van der Waals surface area contributed by atoms with Gasteiger partial charge < -0.3 is 5.32 Å². The lowest BCUT2D eigenvalue weighted by Gasteiger charge is -2.10. The van der Waals surface area contributed by atoms with Crippen molar-refractivity contribution < 1.29 is 4.79 Å². The first-order chi connectivity index (χ1) is 14.5. The molecule has 1 amide bonds. The van der Waals surface area contributed by atoms with Crippen LogP contribution in [0.5, 0.6) is 0 Å². The third-order valence-electron chi connectivity index (χ3n) is 4.73. The van der Waals surface area contributed by atoms with Gasteiger partial charge in [0.1, 0.15) is 5.82 Å². The number of thioether (sulfide) groups is 1. The smallest absolute Gasteiger partial charge is 0.234 e. The highest BCUT2D eigenvalue weighted by Gasteiger charge is 2.18. The lowest BCUT2D eigenvalue weighted by atomic mass is 10.3. The molecule has 0 spiro atoms. The molecule has 4 aromatic rings. The maximum Gasteiger partial charge on any atom is 0.234 e. The van der Waals surface area contributed by atoms with E-state index in [0.717, 1.165) is 28.6 Å². The van der Waals surface area contributed by atoms with Gasteiger partial charge in [0.15, 0.2) is 5.16 Å². The predicted molar refractivity (Wildman–Crippen MR) is 121 cm³/mol. The van der Waals surface area contributed by atoms with Crippen LogP contribution in [-0.4, -0.2) is 36.2 Å². The number of thiophene rings is 1. The van der Waals surface area contributed by atoms with Crippen molar-refractivity contribution in [1.29, 1.82) is 0 Å². The topological polar surface area (TPSA) is 77.6 Å². The SMILES string of the molecule is Cc1nn(C)c(C)c1NC(=O)CSc1nnc(Cc2cccs2)n1-c1ccccc1. The number of nitrogens with one attached hydrogen (secondary N) is 1. The fourth-order valence-corrected chi connectivity index (χ4v) is 4.65. The van der Waals surface area contributed by atoms with Gasteiger partial charge in [-0.25, -0.2) is 0 Å². The minimum Gasteiger partial charge on any atom is -0.322 e. The van der Waals surface area contributed by atoms with Crippen molar-refractivity contribution in [3.8, 4) is 5.69 Å². The van der Waals surface area contributed by atoms with Gasteiger partial charge in [0, 0.05) is 24.0 Å². The van der Waals surface area contributed by atoms with E-state index in [4.69, 9.17) is 0 Å². The summed E-state index contributed by atoms with van der Waals surface area (Å²) in [6.45, 7) is 3.82. The zero-order chi connectivity index (χ0) is 21.1. The third kappa shape index (κ3) is 4.31. The molecule has 30 heavy (non-hydrogen) atoms. The molecule has 1 aromatic carbocycles. The van der Waals surface area contributed by atoms with Crippen LogP contribution in [-0.2, 0) is 18.3 Å². The van der Waals surface area contributed by atoms with Gasteiger partial charge >= 0.3 is 0 Å². The summed E-state index contributed by atoms with van der Waals surface area (Å²) >= 11 is 3.07. The van der Waals surface area contributed by atoms with Crippen LogP contribution in [0.1, 0.15) is 22.1 Å². The number of aromatic nitrogens is 5. The summed E-state index contributed by atoms with van der Waals surface area (Å²) in [7, 11) is 1.87. The Labute approximate surface area is 183 Å². The number of carbonyl (C=O) groups is 1. The maximum absolute atomic E-state index is 12.6. The van der Waals surface area contributed by atoms with E-state index in [1.54, 1.807) is 16.0 Å². The van der Waals surface area contributed by atoms with Crippen LogP contribution in [0.2, 0.25) is 0 Å². The number of hydrogen-bond acceptors (Lipinski definition) is 6. The second-order valence-corrected chi connectivity index (χ2v) is 8.81. The number of para-hydroxylation sites is 1. The van der Waals surface area contributed by atoms with Crippen LogP contribution in [0.3, 0.4) is 0 Å². The van der Waals surface area contributed by atoms with Crippen molar-refractivity contribution in [2.45, 2.75) is 25.4 Å². The van der Waals surface area contributed by atoms with Crippen LogP contribution in [0.15, 0.2) is 53.0 Å². The fourth-order valence-electron chi connectivity index (χ4n) is 3.17. The molecule has 4 rings (SSSR count). The van der Waals surface area contributed by atoms with E-state index in [9.17, 15) is 4.79 Å². The van der Waals surface area contributed by atoms with Crippen molar-refractivity contribution in [2.24, 2.45) is 7.05 Å². The van der Waals surface area contributed by atoms with Crippen molar-refractivity contribution >= 4 is 34.7 Å². The van der Waals surface area contributed by atoms with Crippen LogP contribution in [0.4, 0.5) is 5.69 Å². The van der Waals surface area contributed by atoms with Gasteiger partial charge in [-0.3, -0.25) is 14.0 Å². The zero-order valence-electron chi connectivity index (χ0n) is 17.0. The summed E-state index contributed by atoms with van der Waals surface area (Å²) < 4.78 is 3.79. The van der Waals surface area contributed by atoms with Crippen LogP contribution < -0.4 is 5.32 Å². The first-order valence-corrected chi connectivity index (χ1v) is 11.3. The van der Waals surface area contributed by atoms with Crippen molar-refractivity contribution in [1.82, 2.24) is 24.5 Å². The Morgan fingerprint density at radius 3 is 2.60 bits per heavy atom. The average molecular weight is 439 g/mol. The molecule has 1 N–H and O–H groups in total. The van der Waals surface area contributed by atoms with E-state index in [1.165, 1.54) is 16.6 Å². The summed E-state index contributed by atoms with van der Waals surface area (Å²) in [5, 5.41) is 18.9. The molecule has 3 heterocycles. The monoisotopic (exact) mass is 438 g/mol. The number of nitrogens with zero attached hydrogens (tertiary/aromatic N) is 5. The molecule has 0 bridgehead atoms. The van der Waals surface area contributed by atoms with Gasteiger partial charge in [0.2, 0.25) is 5.91 Å². The van der Waals surface area contributed by atoms with E-state index in [2.05, 4.69) is 32.1 Å². The van der Waals surface area contributed by atoms with E-state index >= 15 is 0 Å². The number of amides is 1. The second kappa shape index (κ2) is 8.85. The lowest BCUT2D eigenvalue weighted by molar-refractivity contribution is -0.113. The second-order valence-electron chi connectivity index (χ2n) is 6.83. The third-order valence-corrected chi connectivity index (χ3v) is 6.54. The van der Waals surface area contributed by atoms with Gasteiger partial charge in [0.05, 0.1) is 22.8 Å². The predicted octanol–water partition coefficient (Wildman–Crippen LogP) is 4.00. The van der Waals surface area contributed by atoms with Crippen molar-refractivity contribution in [3.63, 3.8) is 0 Å². The first-order valence-electron chi connectivity index (χ1n) is 9.48. The Hall–Kier alpha value is -2.91. The maximum atomic E-state index is 12.6. The summed E-state index contributed by atoms with van der Waals surface area (Å²) in [6, 6.07) is 14.1. The molecule has 0 aliphatic carbocycles. The average Bonchev–Trinajstić information content (AvgIpc) is 3.45. The molecule has 0 atom stereocenters. The van der Waals surface area contributed by atoms with Crippen LogP contribution in [0.25, 0.3) is 5.69 Å². The minimum atomic E-state index is -0.0957. The molecule has 0 saturated carbocycles. The summed E-state index contributed by atoms with van der Waals surface area (Å²) in [5.41, 5.74) is 3.48. The van der Waals surface area contributed by atoms with Gasteiger partial charge in [-0.05, 0) is 37.4 Å². The molecule has 0 saturated heterocycles. The van der Waals surface area contributed by atoms with Crippen molar-refractivity contribution in [3.05, 3.63) is 69.9 Å². The fraction of sp³-hybridized carbons (Fsp3) is 0.238. The number of carbonyl (C=O) groups excluding carboxylic acids is 1. The first kappa shape index (κ1) is 20.4. The van der Waals surface area contributed by atoms with Gasteiger partial charge in [-0.15, -0.1) is 21.5 Å². The van der Waals surface area contributed by atoms with Gasteiger partial charge in [-0.1, -0.05) is 36.0 Å². The quantitative estimate of drug-likeness (QED) is 0.441. The number of anilines is 1. The highest BCUT2D eigenvalue weighted by atomic mass is 32.2. The standard InChI is InChI=1S/C21H22N6OS2/c1-14-20(15(2)26(3)25-14)22-19(28)13-30-21-24-23-18(12-17-10-7-11-29-17)27(21)16-8-5-4-6-9-16/h4-11H,12-13H2,1-3H3,(H,22,28). The Morgan fingerprint density at radius 1 is 1.13 bits per heavy atom. The molecule has 0 aliphatic heterocycles. The Morgan fingerprint density at radius 2 is 1.93 bits per heavy atom. The normalized spacial score (nSPS) is 11.0. The molecular weight excluding hydrogens is 416 g/mol. The molecule has 7 nitrogen and oxygen atoms in total. The molecule has 0 radical (unpaired) electrons. The summed E-state index contributed by atoms with van der Waals surface area (Å²) in [5.74, 6) is 0.990. The number of rotatable bonds is 7. The van der Waals surface area contributed by atoms with E-state index in [0.29, 0.717) is 11.6 Å². The number of hydrogen-bond donors (Lipinski definition) is 1. The van der Waals surface area contributed by atoms with E-state index in [1.807, 2.05) is 61.9 Å². The molecule has 0 fully saturated rings. The van der Waals surface area contributed by atoms with E-state index in [-0.39, 0.29) is 11.7 Å². The highest BCUT2D eigenvalue weighted by Crippen LogP contribution is 2.25.